The van der Waals surface area contributed by atoms with E-state index >= 15 is 0 Å². The number of hydrogen-bond acceptors (Lipinski definition) is 3. The first-order valence-corrected chi connectivity index (χ1v) is 13.9. The molecule has 0 atom stereocenters. The van der Waals surface area contributed by atoms with Crippen molar-refractivity contribution in [3.8, 4) is 0 Å². The summed E-state index contributed by atoms with van der Waals surface area (Å²) in [5.41, 5.74) is 3.04. The predicted octanol–water partition coefficient (Wildman–Crippen LogP) is 5.54. The molecule has 0 N–H and O–H groups in total. The highest BCUT2D eigenvalue weighted by Gasteiger charge is 2.31. The van der Waals surface area contributed by atoms with E-state index in [4.69, 9.17) is 0 Å². The fourth-order valence-electron chi connectivity index (χ4n) is 4.89. The van der Waals surface area contributed by atoms with Gasteiger partial charge in [-0.1, -0.05) is 60.2 Å². The van der Waals surface area contributed by atoms with E-state index in [1.54, 1.807) is 42.5 Å². The lowest BCUT2D eigenvalue weighted by molar-refractivity contribution is -0.121. The van der Waals surface area contributed by atoms with Gasteiger partial charge < -0.3 is 4.90 Å². The fraction of sp³-hybridized carbons (Fsp3) is 0.345. The Morgan fingerprint density at radius 3 is 2.03 bits per heavy atom. The van der Waals surface area contributed by atoms with Crippen molar-refractivity contribution in [2.75, 3.05) is 6.54 Å². The monoisotopic (exact) mass is 508 g/mol. The molecule has 190 valence electrons. The van der Waals surface area contributed by atoms with Crippen LogP contribution in [-0.4, -0.2) is 36.6 Å². The van der Waals surface area contributed by atoms with Gasteiger partial charge in [0.1, 0.15) is 5.82 Å². The summed E-state index contributed by atoms with van der Waals surface area (Å²) in [4.78, 5) is 14.0. The van der Waals surface area contributed by atoms with Crippen molar-refractivity contribution in [2.24, 2.45) is 5.92 Å². The summed E-state index contributed by atoms with van der Waals surface area (Å²) in [7, 11) is -3.71. The number of nitrogens with zero attached hydrogens (tertiary/aromatic N) is 2. The molecule has 3 aromatic carbocycles. The summed E-state index contributed by atoms with van der Waals surface area (Å²) in [6.07, 6.45) is 4.29. The van der Waals surface area contributed by atoms with Gasteiger partial charge in [-0.15, -0.1) is 0 Å². The number of hydrogen-bond donors (Lipinski definition) is 0. The van der Waals surface area contributed by atoms with Crippen LogP contribution in [0.15, 0.2) is 83.8 Å². The van der Waals surface area contributed by atoms with Crippen LogP contribution in [0.5, 0.6) is 0 Å². The Hall–Kier alpha value is -3.03. The maximum absolute atomic E-state index is 13.5. The highest BCUT2D eigenvalue weighted by molar-refractivity contribution is 7.89. The smallest absolute Gasteiger partial charge is 0.243 e. The van der Waals surface area contributed by atoms with Crippen molar-refractivity contribution in [1.82, 2.24) is 9.21 Å². The van der Waals surface area contributed by atoms with Crippen molar-refractivity contribution in [2.45, 2.75) is 56.6 Å². The third-order valence-electron chi connectivity index (χ3n) is 7.02. The van der Waals surface area contributed by atoms with Gasteiger partial charge in [0.15, 0.2) is 0 Å². The average molecular weight is 509 g/mol. The summed E-state index contributed by atoms with van der Waals surface area (Å²) >= 11 is 0. The lowest BCUT2D eigenvalue weighted by atomic mass is 9.85. The highest BCUT2D eigenvalue weighted by atomic mass is 32.2. The van der Waals surface area contributed by atoms with E-state index in [-0.39, 0.29) is 29.2 Å². The molecule has 1 aliphatic carbocycles. The molecule has 1 aliphatic rings. The number of rotatable bonds is 10. The molecule has 5 nitrogen and oxygen atoms in total. The topological polar surface area (TPSA) is 57.7 Å². The van der Waals surface area contributed by atoms with E-state index in [2.05, 4.69) is 24.3 Å². The van der Waals surface area contributed by atoms with Gasteiger partial charge in [-0.2, -0.15) is 4.31 Å². The van der Waals surface area contributed by atoms with Crippen LogP contribution in [0.2, 0.25) is 0 Å². The van der Waals surface area contributed by atoms with Gasteiger partial charge in [0, 0.05) is 25.7 Å². The molecule has 0 aliphatic heterocycles. The molecule has 0 radical (unpaired) electrons. The Kier molecular flexibility index (Phi) is 8.54. The Morgan fingerprint density at radius 2 is 1.42 bits per heavy atom. The molecule has 1 fully saturated rings. The Bertz CT molecular complexity index is 1220. The van der Waals surface area contributed by atoms with Gasteiger partial charge in [0.25, 0.3) is 0 Å². The number of aryl methyl sites for hydroxylation is 1. The first-order chi connectivity index (χ1) is 17.3. The molecular weight excluding hydrogens is 475 g/mol. The number of sulfonamides is 1. The number of carbonyl (C=O) groups is 1. The molecule has 0 heterocycles. The highest BCUT2D eigenvalue weighted by Crippen LogP contribution is 2.31. The fourth-order valence-corrected chi connectivity index (χ4v) is 6.41. The van der Waals surface area contributed by atoms with Crippen LogP contribution in [0.1, 0.15) is 42.4 Å². The van der Waals surface area contributed by atoms with E-state index in [1.807, 2.05) is 11.8 Å². The molecule has 3 aromatic rings. The molecule has 7 heteroatoms. The van der Waals surface area contributed by atoms with Crippen molar-refractivity contribution < 1.29 is 17.6 Å². The lowest BCUT2D eigenvalue weighted by Crippen LogP contribution is -2.40. The number of halogens is 1. The van der Waals surface area contributed by atoms with Crippen LogP contribution in [0, 0.1) is 18.7 Å². The maximum Gasteiger partial charge on any atom is 0.243 e. The van der Waals surface area contributed by atoms with Gasteiger partial charge in [-0.3, -0.25) is 4.79 Å². The molecule has 0 saturated heterocycles. The third kappa shape index (κ3) is 6.59. The van der Waals surface area contributed by atoms with Crippen LogP contribution >= 0.6 is 0 Å². The normalized spacial score (nSPS) is 18.2. The van der Waals surface area contributed by atoms with Gasteiger partial charge in [-0.05, 0) is 73.9 Å². The molecule has 4 rings (SSSR count). The number of carbonyl (C=O) groups excluding carboxylic acids is 1. The number of benzene rings is 3. The SMILES string of the molecule is Cc1ccc(CN(C=O)C2CCC(CN(Cc3ccc(F)cc3)S(=O)(=O)c3ccccc3)CC2)cc1. The minimum Gasteiger partial charge on any atom is -0.338 e. The minimum absolute atomic E-state index is 0.149. The zero-order valence-electron chi connectivity index (χ0n) is 20.6. The second-order valence-corrected chi connectivity index (χ2v) is 11.6. The van der Waals surface area contributed by atoms with Gasteiger partial charge in [0.2, 0.25) is 16.4 Å². The molecule has 36 heavy (non-hydrogen) atoms. The maximum atomic E-state index is 13.5. The number of amides is 1. The van der Waals surface area contributed by atoms with E-state index in [0.717, 1.165) is 43.2 Å². The zero-order chi connectivity index (χ0) is 25.5. The van der Waals surface area contributed by atoms with E-state index in [9.17, 15) is 17.6 Å². The summed E-state index contributed by atoms with van der Waals surface area (Å²) in [5.74, 6) is -0.159. The zero-order valence-corrected chi connectivity index (χ0v) is 21.4. The van der Waals surface area contributed by atoms with Gasteiger partial charge in [-0.25, -0.2) is 12.8 Å². The van der Waals surface area contributed by atoms with Crippen LogP contribution in [0.4, 0.5) is 4.39 Å². The minimum atomic E-state index is -3.71. The molecule has 0 bridgehead atoms. The Morgan fingerprint density at radius 1 is 0.833 bits per heavy atom. The molecule has 0 spiro atoms. The molecule has 1 amide bonds. The Labute approximate surface area is 213 Å². The average Bonchev–Trinajstić information content (AvgIpc) is 2.90. The quantitative estimate of drug-likeness (QED) is 0.338. The van der Waals surface area contributed by atoms with Crippen molar-refractivity contribution >= 4 is 16.4 Å². The third-order valence-corrected chi connectivity index (χ3v) is 8.85. The largest absolute Gasteiger partial charge is 0.338 e. The summed E-state index contributed by atoms with van der Waals surface area (Å²) < 4.78 is 42.0. The Balaban J connectivity index is 1.44. The van der Waals surface area contributed by atoms with Gasteiger partial charge in [0.05, 0.1) is 4.90 Å². The molecule has 1 saturated carbocycles. The van der Waals surface area contributed by atoms with Crippen LogP contribution < -0.4 is 0 Å². The first-order valence-electron chi connectivity index (χ1n) is 12.4. The molecule has 0 unspecified atom stereocenters. The van der Waals surface area contributed by atoms with E-state index < -0.39 is 10.0 Å². The van der Waals surface area contributed by atoms with Crippen molar-refractivity contribution in [3.63, 3.8) is 0 Å². The van der Waals surface area contributed by atoms with E-state index in [0.29, 0.717) is 13.1 Å². The predicted molar refractivity (Wildman–Crippen MR) is 139 cm³/mol. The van der Waals surface area contributed by atoms with Crippen LogP contribution in [0.25, 0.3) is 0 Å². The van der Waals surface area contributed by atoms with Gasteiger partial charge >= 0.3 is 0 Å². The summed E-state index contributed by atoms with van der Waals surface area (Å²) in [6, 6.07) is 22.8. The second-order valence-electron chi connectivity index (χ2n) is 9.67. The lowest BCUT2D eigenvalue weighted by Gasteiger charge is -2.36. The molecular formula is C29H33FN2O3S. The van der Waals surface area contributed by atoms with Crippen LogP contribution in [-0.2, 0) is 27.9 Å². The standard InChI is InChI=1S/C29H33FN2O3S/c1-23-7-9-24(10-8-23)19-31(22-33)28-17-13-26(14-18-28)21-32(20-25-11-15-27(30)16-12-25)36(34,35)29-5-3-2-4-6-29/h2-12,15-16,22,26,28H,13-14,17-21H2,1H3. The second kappa shape index (κ2) is 11.8. The summed E-state index contributed by atoms with van der Waals surface area (Å²) in [5, 5.41) is 0. The first kappa shape index (κ1) is 26.0. The van der Waals surface area contributed by atoms with Crippen LogP contribution in [0.3, 0.4) is 0 Å². The van der Waals surface area contributed by atoms with Crippen molar-refractivity contribution in [3.05, 3.63) is 101 Å². The van der Waals surface area contributed by atoms with Crippen molar-refractivity contribution in [1.29, 1.82) is 0 Å². The van der Waals surface area contributed by atoms with E-state index in [1.165, 1.54) is 22.0 Å². The summed E-state index contributed by atoms with van der Waals surface area (Å²) in [6.45, 7) is 3.20. The molecule has 0 aromatic heterocycles.